The van der Waals surface area contributed by atoms with Crippen LogP contribution in [0.1, 0.15) is 28.3 Å². The SMILES string of the molecule is O=c1cc2c(c3n1CC(c1ccccc1)C3)CCc1ccccc1-2. The van der Waals surface area contributed by atoms with E-state index in [9.17, 15) is 4.79 Å². The minimum Gasteiger partial charge on any atom is -0.312 e. The van der Waals surface area contributed by atoms with Gasteiger partial charge in [0.25, 0.3) is 5.56 Å². The number of nitrogens with zero attached hydrogens (tertiary/aromatic N) is 1. The van der Waals surface area contributed by atoms with Gasteiger partial charge in [0.1, 0.15) is 0 Å². The summed E-state index contributed by atoms with van der Waals surface area (Å²) in [5.41, 5.74) is 7.94. The molecule has 0 saturated carbocycles. The quantitative estimate of drug-likeness (QED) is 0.666. The molecular weight excluding hydrogens is 294 g/mol. The molecule has 1 aromatic heterocycles. The van der Waals surface area contributed by atoms with Crippen molar-refractivity contribution in [2.45, 2.75) is 31.7 Å². The lowest BCUT2D eigenvalue weighted by Gasteiger charge is -2.22. The zero-order valence-electron chi connectivity index (χ0n) is 13.5. The van der Waals surface area contributed by atoms with Gasteiger partial charge in [0.2, 0.25) is 0 Å². The van der Waals surface area contributed by atoms with Crippen LogP contribution in [0.15, 0.2) is 65.5 Å². The number of rotatable bonds is 1. The molecular formula is C22H19NO. The monoisotopic (exact) mass is 313 g/mol. The van der Waals surface area contributed by atoms with Gasteiger partial charge in [-0.3, -0.25) is 4.79 Å². The second-order valence-electron chi connectivity index (χ2n) is 6.90. The van der Waals surface area contributed by atoms with Gasteiger partial charge in [0, 0.05) is 24.2 Å². The summed E-state index contributed by atoms with van der Waals surface area (Å²) in [7, 11) is 0. The first-order valence-electron chi connectivity index (χ1n) is 8.70. The summed E-state index contributed by atoms with van der Waals surface area (Å²) in [5.74, 6) is 0.419. The first kappa shape index (κ1) is 13.8. The van der Waals surface area contributed by atoms with Crippen molar-refractivity contribution in [3.05, 3.63) is 93.4 Å². The fourth-order valence-corrected chi connectivity index (χ4v) is 4.42. The molecule has 0 saturated heterocycles. The summed E-state index contributed by atoms with van der Waals surface area (Å²) in [5, 5.41) is 0. The molecule has 2 heterocycles. The van der Waals surface area contributed by atoms with Gasteiger partial charge in [0.15, 0.2) is 0 Å². The summed E-state index contributed by atoms with van der Waals surface area (Å²) in [6, 6.07) is 21.0. The molecule has 2 nitrogen and oxygen atoms in total. The van der Waals surface area contributed by atoms with Gasteiger partial charge < -0.3 is 4.57 Å². The van der Waals surface area contributed by atoms with Crippen LogP contribution in [0.5, 0.6) is 0 Å². The molecule has 2 heteroatoms. The molecule has 1 aliphatic carbocycles. The number of hydrogen-bond donors (Lipinski definition) is 0. The standard InChI is InChI=1S/C22H19NO/c24-22-13-20-18-9-5-4-8-16(18)10-11-19(20)21-12-17(14-23(21)22)15-6-2-1-3-7-15/h1-9,13,17H,10-12,14H2. The number of benzene rings is 2. The average molecular weight is 313 g/mol. The van der Waals surface area contributed by atoms with Crippen LogP contribution in [0.3, 0.4) is 0 Å². The molecule has 2 aromatic carbocycles. The van der Waals surface area contributed by atoms with E-state index in [1.807, 2.05) is 10.6 Å². The molecule has 118 valence electrons. The Hall–Kier alpha value is -2.61. The van der Waals surface area contributed by atoms with Crippen LogP contribution in [-0.2, 0) is 25.8 Å². The van der Waals surface area contributed by atoms with Crippen molar-refractivity contribution in [2.24, 2.45) is 0 Å². The van der Waals surface area contributed by atoms with Gasteiger partial charge in [-0.15, -0.1) is 0 Å². The van der Waals surface area contributed by atoms with Gasteiger partial charge in [-0.05, 0) is 47.1 Å². The topological polar surface area (TPSA) is 22.0 Å². The minimum atomic E-state index is 0.152. The number of hydrogen-bond acceptors (Lipinski definition) is 1. The van der Waals surface area contributed by atoms with Crippen molar-refractivity contribution in [1.82, 2.24) is 4.57 Å². The van der Waals surface area contributed by atoms with Crippen molar-refractivity contribution < 1.29 is 0 Å². The van der Waals surface area contributed by atoms with Gasteiger partial charge >= 0.3 is 0 Å². The van der Waals surface area contributed by atoms with Gasteiger partial charge in [-0.2, -0.15) is 0 Å². The van der Waals surface area contributed by atoms with Crippen molar-refractivity contribution in [3.8, 4) is 11.1 Å². The smallest absolute Gasteiger partial charge is 0.251 e. The highest BCUT2D eigenvalue weighted by molar-refractivity contribution is 5.73. The summed E-state index contributed by atoms with van der Waals surface area (Å²) >= 11 is 0. The third kappa shape index (κ3) is 1.99. The van der Waals surface area contributed by atoms with E-state index in [4.69, 9.17) is 0 Å². The normalized spacial score (nSPS) is 17.9. The third-order valence-electron chi connectivity index (χ3n) is 5.60. The van der Waals surface area contributed by atoms with Gasteiger partial charge in [0.05, 0.1) is 0 Å². The lowest BCUT2D eigenvalue weighted by atomic mass is 9.84. The molecule has 0 radical (unpaired) electrons. The molecule has 0 spiro atoms. The Morgan fingerprint density at radius 3 is 2.54 bits per heavy atom. The predicted molar refractivity (Wildman–Crippen MR) is 96.4 cm³/mol. The lowest BCUT2D eigenvalue weighted by Crippen LogP contribution is -2.22. The first-order chi connectivity index (χ1) is 11.8. The van der Waals surface area contributed by atoms with E-state index >= 15 is 0 Å². The first-order valence-corrected chi connectivity index (χ1v) is 8.70. The van der Waals surface area contributed by atoms with Crippen LogP contribution >= 0.6 is 0 Å². The number of aromatic nitrogens is 1. The second kappa shape index (κ2) is 5.20. The Labute approximate surface area is 141 Å². The Morgan fingerprint density at radius 1 is 0.875 bits per heavy atom. The van der Waals surface area contributed by atoms with E-state index in [1.54, 1.807) is 0 Å². The van der Waals surface area contributed by atoms with Crippen LogP contribution in [0.25, 0.3) is 11.1 Å². The number of aryl methyl sites for hydroxylation is 1. The maximum Gasteiger partial charge on any atom is 0.251 e. The highest BCUT2D eigenvalue weighted by Gasteiger charge is 2.29. The average Bonchev–Trinajstić information content (AvgIpc) is 3.09. The maximum atomic E-state index is 12.7. The van der Waals surface area contributed by atoms with E-state index < -0.39 is 0 Å². The molecule has 2 aliphatic rings. The van der Waals surface area contributed by atoms with Crippen molar-refractivity contribution in [2.75, 3.05) is 0 Å². The Morgan fingerprint density at radius 2 is 1.67 bits per heavy atom. The lowest BCUT2D eigenvalue weighted by molar-refractivity contribution is 0.638. The highest BCUT2D eigenvalue weighted by Crippen LogP contribution is 2.38. The molecule has 3 aromatic rings. The van der Waals surface area contributed by atoms with Crippen LogP contribution in [0, 0.1) is 0 Å². The Balaban J connectivity index is 1.65. The Kier molecular flexibility index (Phi) is 2.99. The summed E-state index contributed by atoms with van der Waals surface area (Å²) in [4.78, 5) is 12.7. The zero-order chi connectivity index (χ0) is 16.1. The van der Waals surface area contributed by atoms with Crippen molar-refractivity contribution in [3.63, 3.8) is 0 Å². The minimum absolute atomic E-state index is 0.152. The number of pyridine rings is 1. The fourth-order valence-electron chi connectivity index (χ4n) is 4.42. The maximum absolute atomic E-state index is 12.7. The molecule has 0 amide bonds. The molecule has 1 aliphatic heterocycles. The van der Waals surface area contributed by atoms with Gasteiger partial charge in [-0.25, -0.2) is 0 Å². The fraction of sp³-hybridized carbons (Fsp3) is 0.227. The van der Waals surface area contributed by atoms with Gasteiger partial charge in [-0.1, -0.05) is 54.6 Å². The van der Waals surface area contributed by atoms with Crippen molar-refractivity contribution >= 4 is 0 Å². The Bertz CT molecular complexity index is 985. The third-order valence-corrected chi connectivity index (χ3v) is 5.60. The molecule has 1 atom stereocenters. The molecule has 0 N–H and O–H groups in total. The van der Waals surface area contributed by atoms with E-state index in [1.165, 1.54) is 33.5 Å². The largest absolute Gasteiger partial charge is 0.312 e. The summed E-state index contributed by atoms with van der Waals surface area (Å²) in [6.07, 6.45) is 3.10. The van der Waals surface area contributed by atoms with E-state index in [2.05, 4.69) is 54.6 Å². The molecule has 0 fully saturated rings. The van der Waals surface area contributed by atoms with E-state index in [0.29, 0.717) is 5.92 Å². The zero-order valence-corrected chi connectivity index (χ0v) is 13.5. The van der Waals surface area contributed by atoms with Crippen LogP contribution in [0.4, 0.5) is 0 Å². The molecule has 24 heavy (non-hydrogen) atoms. The van der Waals surface area contributed by atoms with Crippen LogP contribution in [0.2, 0.25) is 0 Å². The molecule has 5 rings (SSSR count). The summed E-state index contributed by atoms with van der Waals surface area (Å²) < 4.78 is 2.02. The molecule has 1 unspecified atom stereocenters. The van der Waals surface area contributed by atoms with Crippen LogP contribution < -0.4 is 5.56 Å². The van der Waals surface area contributed by atoms with E-state index in [0.717, 1.165) is 25.8 Å². The van der Waals surface area contributed by atoms with E-state index in [-0.39, 0.29) is 5.56 Å². The van der Waals surface area contributed by atoms with Crippen LogP contribution in [-0.4, -0.2) is 4.57 Å². The summed E-state index contributed by atoms with van der Waals surface area (Å²) in [6.45, 7) is 0.813. The second-order valence-corrected chi connectivity index (χ2v) is 6.90. The predicted octanol–water partition coefficient (Wildman–Crippen LogP) is 3.95. The van der Waals surface area contributed by atoms with Crippen molar-refractivity contribution in [1.29, 1.82) is 0 Å². The number of fused-ring (bicyclic) bond motifs is 5. The molecule has 0 bridgehead atoms. The highest BCUT2D eigenvalue weighted by atomic mass is 16.1.